The first kappa shape index (κ1) is 21.4. The van der Waals surface area contributed by atoms with Gasteiger partial charge in [-0.25, -0.2) is 9.78 Å². The van der Waals surface area contributed by atoms with Gasteiger partial charge >= 0.3 is 6.03 Å². The Bertz CT molecular complexity index is 930. The van der Waals surface area contributed by atoms with E-state index in [1.54, 1.807) is 4.90 Å². The minimum absolute atomic E-state index is 0.0252. The number of amides is 4. The van der Waals surface area contributed by atoms with Crippen molar-refractivity contribution in [3.8, 4) is 0 Å². The first-order valence-corrected chi connectivity index (χ1v) is 12.0. The molecule has 2 atom stereocenters. The van der Waals surface area contributed by atoms with Crippen LogP contribution in [0.25, 0.3) is 0 Å². The maximum atomic E-state index is 13.3. The van der Waals surface area contributed by atoms with Gasteiger partial charge in [0.1, 0.15) is 17.9 Å². The van der Waals surface area contributed by atoms with Crippen LogP contribution in [0.15, 0.2) is 0 Å². The lowest BCUT2D eigenvalue weighted by molar-refractivity contribution is -0.141. The maximum Gasteiger partial charge on any atom is 0.325 e. The van der Waals surface area contributed by atoms with Gasteiger partial charge in [0.2, 0.25) is 5.91 Å². The van der Waals surface area contributed by atoms with Gasteiger partial charge < -0.3 is 10.2 Å². The van der Waals surface area contributed by atoms with Crippen LogP contribution in [0, 0.1) is 11.3 Å². The van der Waals surface area contributed by atoms with E-state index in [4.69, 9.17) is 0 Å². The van der Waals surface area contributed by atoms with E-state index < -0.39 is 11.6 Å². The quantitative estimate of drug-likeness (QED) is 0.696. The van der Waals surface area contributed by atoms with E-state index in [0.29, 0.717) is 37.8 Å². The average Bonchev–Trinajstić information content (AvgIpc) is 3.41. The Kier molecular flexibility index (Phi) is 5.05. The number of aromatic nitrogens is 3. The van der Waals surface area contributed by atoms with Gasteiger partial charge in [-0.05, 0) is 56.3 Å². The van der Waals surface area contributed by atoms with Crippen molar-refractivity contribution in [3.63, 3.8) is 0 Å². The summed E-state index contributed by atoms with van der Waals surface area (Å²) in [7, 11) is 0. The van der Waals surface area contributed by atoms with Crippen molar-refractivity contribution >= 4 is 17.8 Å². The molecule has 2 unspecified atom stereocenters. The SMILES string of the molecule is CC1CC(C)(C)CC2(C1)NC(=O)N(CC(=O)N1CCC(c3nc(C4CC4)n[nH]3)CC1)C2=O. The molecule has 4 fully saturated rings. The molecule has 9 nitrogen and oxygen atoms in total. The molecule has 2 saturated carbocycles. The molecule has 0 aromatic carbocycles. The van der Waals surface area contributed by atoms with Crippen molar-refractivity contribution in [2.24, 2.45) is 11.3 Å². The zero-order valence-electron chi connectivity index (χ0n) is 19.3. The third-order valence-electron chi connectivity index (χ3n) is 7.61. The third kappa shape index (κ3) is 3.90. The van der Waals surface area contributed by atoms with Crippen LogP contribution in [0.3, 0.4) is 0 Å². The molecule has 0 radical (unpaired) electrons. The molecule has 4 aliphatic rings. The standard InChI is InChI=1S/C23H34N6O3/c1-14-10-22(2,3)13-23(11-14)20(31)29(21(32)25-23)12-17(30)28-8-6-16(7-9-28)19-24-18(26-27-19)15-4-5-15/h14-16H,4-13H2,1-3H3,(H,25,32)(H,24,26,27). The van der Waals surface area contributed by atoms with Crippen molar-refractivity contribution in [1.82, 2.24) is 30.3 Å². The molecule has 2 N–H and O–H groups in total. The van der Waals surface area contributed by atoms with Crippen LogP contribution in [0.4, 0.5) is 4.79 Å². The van der Waals surface area contributed by atoms with Gasteiger partial charge in [0, 0.05) is 24.9 Å². The fraction of sp³-hybridized carbons (Fsp3) is 0.783. The molecule has 32 heavy (non-hydrogen) atoms. The summed E-state index contributed by atoms with van der Waals surface area (Å²) in [6.45, 7) is 7.43. The number of imide groups is 1. The molecule has 9 heteroatoms. The van der Waals surface area contributed by atoms with Crippen LogP contribution >= 0.6 is 0 Å². The number of nitrogens with one attached hydrogen (secondary N) is 2. The van der Waals surface area contributed by atoms with E-state index in [-0.39, 0.29) is 29.7 Å². The lowest BCUT2D eigenvalue weighted by Gasteiger charge is -2.43. The van der Waals surface area contributed by atoms with Crippen molar-refractivity contribution < 1.29 is 14.4 Å². The smallest absolute Gasteiger partial charge is 0.325 e. The summed E-state index contributed by atoms with van der Waals surface area (Å²) >= 11 is 0. The molecular formula is C23H34N6O3. The maximum absolute atomic E-state index is 13.3. The minimum Gasteiger partial charge on any atom is -0.341 e. The highest BCUT2D eigenvalue weighted by molar-refractivity contribution is 6.09. The summed E-state index contributed by atoms with van der Waals surface area (Å²) in [6.07, 6.45) is 6.23. The number of H-pyrrole nitrogens is 1. The molecule has 4 amide bonds. The summed E-state index contributed by atoms with van der Waals surface area (Å²) in [5.74, 6) is 2.57. The number of urea groups is 1. The summed E-state index contributed by atoms with van der Waals surface area (Å²) in [4.78, 5) is 46.5. The predicted molar refractivity (Wildman–Crippen MR) is 117 cm³/mol. The number of carbonyl (C=O) groups excluding carboxylic acids is 3. The highest BCUT2D eigenvalue weighted by Gasteiger charge is 2.56. The summed E-state index contributed by atoms with van der Waals surface area (Å²) < 4.78 is 0. The average molecular weight is 443 g/mol. The van der Waals surface area contributed by atoms with Gasteiger partial charge in [-0.1, -0.05) is 20.8 Å². The van der Waals surface area contributed by atoms with E-state index in [9.17, 15) is 14.4 Å². The number of aromatic amines is 1. The molecule has 5 rings (SSSR count). The molecule has 3 heterocycles. The van der Waals surface area contributed by atoms with Gasteiger partial charge in [-0.15, -0.1) is 0 Å². The Morgan fingerprint density at radius 1 is 1.09 bits per heavy atom. The van der Waals surface area contributed by atoms with Crippen molar-refractivity contribution in [1.29, 1.82) is 0 Å². The van der Waals surface area contributed by atoms with Gasteiger partial charge in [0.25, 0.3) is 5.91 Å². The van der Waals surface area contributed by atoms with Gasteiger partial charge in [0.05, 0.1) is 0 Å². The van der Waals surface area contributed by atoms with Crippen LogP contribution in [0.5, 0.6) is 0 Å². The topological polar surface area (TPSA) is 111 Å². The number of hydrogen-bond acceptors (Lipinski definition) is 5. The Hall–Kier alpha value is -2.45. The van der Waals surface area contributed by atoms with Crippen LogP contribution in [-0.2, 0) is 9.59 Å². The van der Waals surface area contributed by atoms with Crippen molar-refractivity contribution in [2.75, 3.05) is 19.6 Å². The van der Waals surface area contributed by atoms with Gasteiger partial charge in [0.15, 0.2) is 5.82 Å². The fourth-order valence-electron chi connectivity index (χ4n) is 6.28. The first-order chi connectivity index (χ1) is 15.2. The Morgan fingerprint density at radius 2 is 1.81 bits per heavy atom. The number of likely N-dealkylation sites (tertiary alicyclic amines) is 1. The van der Waals surface area contributed by atoms with E-state index >= 15 is 0 Å². The molecule has 2 aliphatic heterocycles. The molecule has 2 aliphatic carbocycles. The van der Waals surface area contributed by atoms with Crippen molar-refractivity contribution in [3.05, 3.63) is 11.6 Å². The highest BCUT2D eigenvalue weighted by atomic mass is 16.2. The normalized spacial score (nSPS) is 30.8. The predicted octanol–water partition coefficient (Wildman–Crippen LogP) is 2.52. The highest BCUT2D eigenvalue weighted by Crippen LogP contribution is 2.46. The lowest BCUT2D eigenvalue weighted by Crippen LogP contribution is -2.54. The Labute approximate surface area is 188 Å². The number of nitrogens with zero attached hydrogens (tertiary/aromatic N) is 4. The van der Waals surface area contributed by atoms with E-state index in [0.717, 1.165) is 35.8 Å². The van der Waals surface area contributed by atoms with E-state index in [2.05, 4.69) is 41.3 Å². The van der Waals surface area contributed by atoms with E-state index in [1.807, 2.05) is 0 Å². The molecule has 2 saturated heterocycles. The second-order valence-corrected chi connectivity index (χ2v) is 11.3. The largest absolute Gasteiger partial charge is 0.341 e. The number of rotatable bonds is 4. The summed E-state index contributed by atoms with van der Waals surface area (Å²) in [5, 5.41) is 10.4. The molecule has 174 valence electrons. The van der Waals surface area contributed by atoms with Crippen molar-refractivity contribution in [2.45, 2.75) is 83.1 Å². The number of carbonyl (C=O) groups is 3. The second-order valence-electron chi connectivity index (χ2n) is 11.3. The molecule has 0 bridgehead atoms. The van der Waals surface area contributed by atoms with Crippen LogP contribution in [0.1, 0.15) is 89.2 Å². The number of hydrogen-bond donors (Lipinski definition) is 2. The Balaban J connectivity index is 1.19. The summed E-state index contributed by atoms with van der Waals surface area (Å²) in [6, 6.07) is -0.433. The van der Waals surface area contributed by atoms with Crippen LogP contribution in [0.2, 0.25) is 0 Å². The Morgan fingerprint density at radius 3 is 2.47 bits per heavy atom. The van der Waals surface area contributed by atoms with Crippen LogP contribution in [-0.4, -0.2) is 68.0 Å². The molecule has 1 spiro atoms. The second kappa shape index (κ2) is 7.56. The van der Waals surface area contributed by atoms with E-state index in [1.165, 1.54) is 12.8 Å². The molecular weight excluding hydrogens is 408 g/mol. The third-order valence-corrected chi connectivity index (χ3v) is 7.61. The molecule has 1 aromatic rings. The fourth-order valence-corrected chi connectivity index (χ4v) is 6.28. The zero-order chi connectivity index (χ0) is 22.7. The van der Waals surface area contributed by atoms with Gasteiger partial charge in [-0.3, -0.25) is 19.6 Å². The zero-order valence-corrected chi connectivity index (χ0v) is 19.3. The van der Waals surface area contributed by atoms with Gasteiger partial charge in [-0.2, -0.15) is 5.10 Å². The molecule has 1 aromatic heterocycles. The minimum atomic E-state index is -0.864. The first-order valence-electron chi connectivity index (χ1n) is 12.0. The number of piperidine rings is 1. The van der Waals surface area contributed by atoms with Crippen LogP contribution < -0.4 is 5.32 Å². The summed E-state index contributed by atoms with van der Waals surface area (Å²) in [5.41, 5.74) is -0.889. The lowest BCUT2D eigenvalue weighted by atomic mass is 9.64. The monoisotopic (exact) mass is 442 g/mol.